The first-order valence-corrected chi connectivity index (χ1v) is 11.9. The molecule has 1 aliphatic carbocycles. The van der Waals surface area contributed by atoms with Crippen molar-refractivity contribution in [2.45, 2.75) is 44.9 Å². The van der Waals surface area contributed by atoms with Crippen LogP contribution in [0.2, 0.25) is 0 Å². The molecule has 3 rings (SSSR count). The van der Waals surface area contributed by atoms with Crippen LogP contribution in [-0.4, -0.2) is 54.7 Å². The van der Waals surface area contributed by atoms with Gasteiger partial charge in [-0.05, 0) is 47.4 Å². The highest BCUT2D eigenvalue weighted by Gasteiger charge is 2.28. The number of rotatable bonds is 12. The molecule has 0 aromatic heterocycles. The topological polar surface area (TPSA) is 95.9 Å². The first kappa shape index (κ1) is 25.3. The molecule has 0 saturated carbocycles. The Labute approximate surface area is 201 Å². The van der Waals surface area contributed by atoms with E-state index < -0.39 is 12.1 Å². The van der Waals surface area contributed by atoms with Crippen molar-refractivity contribution in [3.8, 4) is 11.1 Å². The molecule has 0 radical (unpaired) electrons. The number of aliphatic carboxylic acids is 1. The van der Waals surface area contributed by atoms with Gasteiger partial charge in [-0.15, -0.1) is 0 Å². The van der Waals surface area contributed by atoms with Crippen LogP contribution in [0.4, 0.5) is 4.79 Å². The third-order valence-corrected chi connectivity index (χ3v) is 6.41. The summed E-state index contributed by atoms with van der Waals surface area (Å²) in [5.41, 5.74) is 4.76. The van der Waals surface area contributed by atoms with E-state index >= 15 is 0 Å². The van der Waals surface area contributed by atoms with Crippen LogP contribution in [0.5, 0.6) is 0 Å². The number of amides is 2. The molecule has 0 fully saturated rings. The maximum Gasteiger partial charge on any atom is 0.407 e. The number of alkyl carbamates (subject to hydrolysis) is 1. The summed E-state index contributed by atoms with van der Waals surface area (Å²) in [4.78, 5) is 36.6. The van der Waals surface area contributed by atoms with Gasteiger partial charge in [0, 0.05) is 38.9 Å². The Morgan fingerprint density at radius 1 is 1.00 bits per heavy atom. The largest absolute Gasteiger partial charge is 0.481 e. The molecule has 0 spiro atoms. The summed E-state index contributed by atoms with van der Waals surface area (Å²) in [6.45, 7) is 3.28. The molecule has 1 aliphatic rings. The van der Waals surface area contributed by atoms with Crippen LogP contribution >= 0.6 is 0 Å². The van der Waals surface area contributed by atoms with Gasteiger partial charge in [0.05, 0.1) is 0 Å². The molecule has 182 valence electrons. The van der Waals surface area contributed by atoms with Crippen molar-refractivity contribution in [1.82, 2.24) is 10.2 Å². The first-order chi connectivity index (χ1) is 16.4. The smallest absolute Gasteiger partial charge is 0.407 e. The predicted octanol–water partition coefficient (Wildman–Crippen LogP) is 4.65. The summed E-state index contributed by atoms with van der Waals surface area (Å²) >= 11 is 0. The second-order valence-corrected chi connectivity index (χ2v) is 9.00. The number of benzene rings is 2. The fourth-order valence-corrected chi connectivity index (χ4v) is 4.37. The number of nitrogens with zero attached hydrogens (tertiary/aromatic N) is 1. The van der Waals surface area contributed by atoms with E-state index in [1.807, 2.05) is 24.3 Å². The molecule has 7 heteroatoms. The Kier molecular flexibility index (Phi) is 9.08. The Balaban J connectivity index is 1.35. The number of nitrogens with one attached hydrogen (secondary N) is 1. The fraction of sp³-hybridized carbons (Fsp3) is 0.444. The molecule has 2 N–H and O–H groups in total. The summed E-state index contributed by atoms with van der Waals surface area (Å²) in [5.74, 6) is -0.527. The van der Waals surface area contributed by atoms with Gasteiger partial charge in [-0.25, -0.2) is 4.79 Å². The van der Waals surface area contributed by atoms with E-state index in [-0.39, 0.29) is 30.8 Å². The quantitative estimate of drug-likeness (QED) is 0.475. The summed E-state index contributed by atoms with van der Waals surface area (Å²) < 4.78 is 5.55. The summed E-state index contributed by atoms with van der Waals surface area (Å²) in [6.07, 6.45) is 1.97. The first-order valence-electron chi connectivity index (χ1n) is 11.9. The Morgan fingerprint density at radius 2 is 1.62 bits per heavy atom. The number of ether oxygens (including phenoxy) is 1. The summed E-state index contributed by atoms with van der Waals surface area (Å²) in [5, 5.41) is 11.5. The lowest BCUT2D eigenvalue weighted by molar-refractivity contribution is -0.138. The molecule has 1 atom stereocenters. The van der Waals surface area contributed by atoms with E-state index in [9.17, 15) is 14.4 Å². The Hall–Kier alpha value is -3.35. The SMILES string of the molecule is CC(CCNC(=O)OCC1c2ccccc2-c2ccccc21)CCC(=O)N(C)CCCC(=O)O. The average molecular weight is 467 g/mol. The highest BCUT2D eigenvalue weighted by molar-refractivity contribution is 5.79. The lowest BCUT2D eigenvalue weighted by Crippen LogP contribution is -2.29. The highest BCUT2D eigenvalue weighted by atomic mass is 16.5. The van der Waals surface area contributed by atoms with Crippen molar-refractivity contribution in [1.29, 1.82) is 0 Å². The van der Waals surface area contributed by atoms with Crippen molar-refractivity contribution in [3.63, 3.8) is 0 Å². The van der Waals surface area contributed by atoms with E-state index in [4.69, 9.17) is 9.84 Å². The molecule has 2 aromatic carbocycles. The maximum absolute atomic E-state index is 12.3. The average Bonchev–Trinajstić information content (AvgIpc) is 3.14. The minimum atomic E-state index is -0.849. The summed E-state index contributed by atoms with van der Waals surface area (Å²) in [6, 6.07) is 16.5. The normalized spacial score (nSPS) is 13.0. The minimum Gasteiger partial charge on any atom is -0.481 e. The number of fused-ring (bicyclic) bond motifs is 3. The number of carbonyl (C=O) groups is 3. The van der Waals surface area contributed by atoms with Crippen LogP contribution in [0.15, 0.2) is 48.5 Å². The molecule has 0 heterocycles. The van der Waals surface area contributed by atoms with Gasteiger partial charge in [-0.3, -0.25) is 9.59 Å². The minimum absolute atomic E-state index is 0.0155. The lowest BCUT2D eigenvalue weighted by Gasteiger charge is -2.18. The molecule has 2 amide bonds. The van der Waals surface area contributed by atoms with E-state index in [1.165, 1.54) is 22.3 Å². The van der Waals surface area contributed by atoms with Crippen molar-refractivity contribution >= 4 is 18.0 Å². The van der Waals surface area contributed by atoms with E-state index in [0.29, 0.717) is 32.4 Å². The van der Waals surface area contributed by atoms with E-state index in [0.717, 1.165) is 6.42 Å². The number of carbonyl (C=O) groups excluding carboxylic acids is 2. The van der Waals surface area contributed by atoms with Crippen molar-refractivity contribution < 1.29 is 24.2 Å². The maximum atomic E-state index is 12.3. The van der Waals surface area contributed by atoms with Crippen LogP contribution in [0.1, 0.15) is 56.1 Å². The van der Waals surface area contributed by atoms with Crippen LogP contribution in [0, 0.1) is 5.92 Å². The number of carboxylic acid groups (broad SMARTS) is 1. The second-order valence-electron chi connectivity index (χ2n) is 9.00. The molecule has 34 heavy (non-hydrogen) atoms. The third-order valence-electron chi connectivity index (χ3n) is 6.41. The Bertz CT molecular complexity index is 961. The zero-order chi connectivity index (χ0) is 24.5. The number of hydrogen-bond acceptors (Lipinski definition) is 4. The number of carboxylic acids is 1. The summed E-state index contributed by atoms with van der Waals surface area (Å²) in [7, 11) is 1.70. The van der Waals surface area contributed by atoms with Crippen LogP contribution < -0.4 is 5.32 Å². The van der Waals surface area contributed by atoms with Gasteiger partial charge in [-0.1, -0.05) is 55.5 Å². The van der Waals surface area contributed by atoms with Gasteiger partial charge >= 0.3 is 12.1 Å². The van der Waals surface area contributed by atoms with Gasteiger partial charge in [0.15, 0.2) is 0 Å². The van der Waals surface area contributed by atoms with Crippen molar-refractivity contribution in [3.05, 3.63) is 59.7 Å². The van der Waals surface area contributed by atoms with Gasteiger partial charge in [0.1, 0.15) is 6.61 Å². The monoisotopic (exact) mass is 466 g/mol. The molecule has 2 aromatic rings. The molecule has 0 bridgehead atoms. The van der Waals surface area contributed by atoms with Gasteiger partial charge < -0.3 is 20.1 Å². The molecular formula is C27H34N2O5. The molecule has 1 unspecified atom stereocenters. The molecule has 0 aliphatic heterocycles. The van der Waals surface area contributed by atoms with Crippen molar-refractivity contribution in [2.75, 3.05) is 26.7 Å². The van der Waals surface area contributed by atoms with Crippen LogP contribution in [0.3, 0.4) is 0 Å². The highest BCUT2D eigenvalue weighted by Crippen LogP contribution is 2.44. The molecule has 7 nitrogen and oxygen atoms in total. The van der Waals surface area contributed by atoms with Crippen molar-refractivity contribution in [2.24, 2.45) is 5.92 Å². The lowest BCUT2D eigenvalue weighted by atomic mass is 9.98. The van der Waals surface area contributed by atoms with E-state index in [2.05, 4.69) is 36.5 Å². The predicted molar refractivity (Wildman–Crippen MR) is 131 cm³/mol. The molecular weight excluding hydrogens is 432 g/mol. The van der Waals surface area contributed by atoms with Gasteiger partial charge in [0.2, 0.25) is 5.91 Å². The number of hydrogen-bond donors (Lipinski definition) is 2. The van der Waals surface area contributed by atoms with Crippen LogP contribution in [-0.2, 0) is 14.3 Å². The molecule has 0 saturated heterocycles. The third kappa shape index (κ3) is 6.83. The zero-order valence-electron chi connectivity index (χ0n) is 20.0. The van der Waals surface area contributed by atoms with Gasteiger partial charge in [-0.2, -0.15) is 0 Å². The van der Waals surface area contributed by atoms with E-state index in [1.54, 1.807) is 11.9 Å². The fourth-order valence-electron chi connectivity index (χ4n) is 4.37. The van der Waals surface area contributed by atoms with Crippen LogP contribution in [0.25, 0.3) is 11.1 Å². The standard InChI is InChI=1S/C27H34N2O5/c1-19(13-14-25(30)29(2)17-7-12-26(31)32)15-16-28-27(33)34-18-24-22-10-5-3-8-20(22)21-9-4-6-11-23(21)24/h3-6,8-11,19,24H,7,12-18H2,1-2H3,(H,28,33)(H,31,32). The Morgan fingerprint density at radius 3 is 2.24 bits per heavy atom. The zero-order valence-corrected chi connectivity index (χ0v) is 20.0. The van der Waals surface area contributed by atoms with Gasteiger partial charge in [0.25, 0.3) is 0 Å². The second kappa shape index (κ2) is 12.2.